The summed E-state index contributed by atoms with van der Waals surface area (Å²) in [6, 6.07) is 0. The second kappa shape index (κ2) is 4.30. The summed E-state index contributed by atoms with van der Waals surface area (Å²) in [7, 11) is 0. The zero-order valence-electron chi connectivity index (χ0n) is 1.63. The molecule has 0 aromatic rings. The summed E-state index contributed by atoms with van der Waals surface area (Å²) < 4.78 is 8.11. The molecule has 24 valence electrons. The van der Waals surface area contributed by atoms with Crippen LogP contribution in [0.2, 0.25) is 0 Å². The molecule has 4 heteroatoms. The molecule has 0 aliphatic rings. The van der Waals surface area contributed by atoms with Crippen molar-refractivity contribution in [1.82, 2.24) is 0 Å². The van der Waals surface area contributed by atoms with Crippen molar-refractivity contribution in [3.8, 4) is 0 Å². The molecule has 0 heterocycles. The molecule has 0 rings (SSSR count). The van der Waals surface area contributed by atoms with E-state index in [9.17, 15) is 0 Å². The molecule has 0 atom stereocenters. The molecule has 0 unspecified atom stereocenters. The van der Waals surface area contributed by atoms with Gasteiger partial charge >= 0.3 is 47.5 Å². The van der Waals surface area contributed by atoms with Gasteiger partial charge in [0.15, 0.2) is 0 Å². The van der Waals surface area contributed by atoms with E-state index in [4.69, 9.17) is 0 Å². The first-order chi connectivity index (χ1) is 1.91. The molecule has 0 amide bonds. The van der Waals surface area contributed by atoms with Gasteiger partial charge in [0, 0.05) is 0 Å². The van der Waals surface area contributed by atoms with Crippen molar-refractivity contribution < 1.29 is 47.5 Å². The van der Waals surface area contributed by atoms with E-state index in [1.54, 1.807) is 0 Å². The van der Waals surface area contributed by atoms with E-state index in [1.165, 1.54) is 40.4 Å². The SMILES string of the molecule is [Mo][O][O][Mo]. The first-order valence-corrected chi connectivity index (χ1v) is 2.14. The summed E-state index contributed by atoms with van der Waals surface area (Å²) in [6.45, 7) is 0. The molecule has 0 fully saturated rings. The van der Waals surface area contributed by atoms with Gasteiger partial charge in [-0.05, 0) is 0 Å². The molecule has 0 N–H and O–H groups in total. The van der Waals surface area contributed by atoms with Crippen LogP contribution in [0.15, 0.2) is 0 Å². The van der Waals surface area contributed by atoms with E-state index >= 15 is 0 Å². The molecular formula is Mo2O2. The van der Waals surface area contributed by atoms with Gasteiger partial charge in [0.25, 0.3) is 0 Å². The normalized spacial score (nSPS) is 7.00. The van der Waals surface area contributed by atoms with Crippen molar-refractivity contribution in [1.29, 1.82) is 0 Å². The Bertz CT molecular complexity index is 6.00. The van der Waals surface area contributed by atoms with Gasteiger partial charge in [0.1, 0.15) is 0 Å². The molecule has 2 nitrogen and oxygen atoms in total. The summed E-state index contributed by atoms with van der Waals surface area (Å²) >= 11 is 2.81. The third kappa shape index (κ3) is 3.30. The van der Waals surface area contributed by atoms with Gasteiger partial charge in [-0.25, -0.2) is 0 Å². The molecule has 4 heavy (non-hydrogen) atoms. The van der Waals surface area contributed by atoms with Crippen molar-refractivity contribution in [2.45, 2.75) is 0 Å². The Hall–Kier alpha value is 1.30. The molecule has 0 saturated carbocycles. The zero-order chi connectivity index (χ0) is 3.41. The first-order valence-electron chi connectivity index (χ1n) is 0.500. The Labute approximate surface area is 47.5 Å². The third-order valence-corrected chi connectivity index (χ3v) is 0.972. The van der Waals surface area contributed by atoms with Gasteiger partial charge < -0.3 is 0 Å². The summed E-state index contributed by atoms with van der Waals surface area (Å²) in [5.41, 5.74) is 0. The van der Waals surface area contributed by atoms with Crippen LogP contribution < -0.4 is 0 Å². The Kier molecular flexibility index (Phi) is 5.69. The van der Waals surface area contributed by atoms with E-state index < -0.39 is 0 Å². The Balaban J connectivity index is 1.97. The second-order valence-corrected chi connectivity index (χ2v) is 0.805. The molecule has 0 aromatic heterocycles. The van der Waals surface area contributed by atoms with Gasteiger partial charge in [0.2, 0.25) is 0 Å². The summed E-state index contributed by atoms with van der Waals surface area (Å²) in [5.74, 6) is 0. The first kappa shape index (κ1) is 5.30. The molecule has 0 spiro atoms. The van der Waals surface area contributed by atoms with Crippen LogP contribution in [0.25, 0.3) is 0 Å². The van der Waals surface area contributed by atoms with Crippen LogP contribution in [0.3, 0.4) is 0 Å². The molecule has 0 saturated heterocycles. The number of hydrogen-bond acceptors (Lipinski definition) is 2. The fraction of sp³-hybridized carbons (Fsp3) is 0. The maximum absolute atomic E-state index is 4.06. The summed E-state index contributed by atoms with van der Waals surface area (Å²) in [5, 5.41) is 0. The van der Waals surface area contributed by atoms with E-state index in [2.05, 4.69) is 7.08 Å². The monoisotopic (exact) mass is 228 g/mol. The molecule has 0 aromatic carbocycles. The van der Waals surface area contributed by atoms with E-state index in [0.29, 0.717) is 0 Å². The molecule has 0 aliphatic heterocycles. The molecule has 0 radical (unpaired) electrons. The number of hydrogen-bond donors (Lipinski definition) is 0. The van der Waals surface area contributed by atoms with Gasteiger partial charge in [-0.15, -0.1) is 0 Å². The molecular weight excluding hydrogens is 224 g/mol. The Morgan fingerprint density at radius 3 is 1.25 bits per heavy atom. The van der Waals surface area contributed by atoms with Crippen molar-refractivity contribution in [2.75, 3.05) is 0 Å². The summed E-state index contributed by atoms with van der Waals surface area (Å²) in [4.78, 5) is 0. The maximum atomic E-state index is 4.06. The van der Waals surface area contributed by atoms with Crippen molar-refractivity contribution in [2.24, 2.45) is 0 Å². The van der Waals surface area contributed by atoms with Crippen LogP contribution in [0.1, 0.15) is 0 Å². The van der Waals surface area contributed by atoms with Crippen LogP contribution >= 0.6 is 0 Å². The van der Waals surface area contributed by atoms with Gasteiger partial charge in [-0.2, -0.15) is 0 Å². The number of rotatable bonds is 1. The second-order valence-electron chi connectivity index (χ2n) is 0.136. The van der Waals surface area contributed by atoms with Crippen LogP contribution in [0, 0.1) is 0 Å². The third-order valence-electron chi connectivity index (χ3n) is 0.0278. The van der Waals surface area contributed by atoms with E-state index in [-0.39, 0.29) is 0 Å². The Morgan fingerprint density at radius 2 is 1.25 bits per heavy atom. The quantitative estimate of drug-likeness (QED) is 0.350. The molecule has 0 aliphatic carbocycles. The predicted molar refractivity (Wildman–Crippen MR) is 2.17 cm³/mol. The van der Waals surface area contributed by atoms with Gasteiger partial charge in [0.05, 0.1) is 0 Å². The minimum atomic E-state index is 1.40. The van der Waals surface area contributed by atoms with Crippen molar-refractivity contribution in [3.63, 3.8) is 0 Å². The fourth-order valence-corrected chi connectivity index (χ4v) is 0. The predicted octanol–water partition coefficient (Wildman–Crippen LogP) is -0.142. The zero-order valence-corrected chi connectivity index (χ0v) is 5.65. The van der Waals surface area contributed by atoms with Crippen molar-refractivity contribution in [3.05, 3.63) is 0 Å². The Morgan fingerprint density at radius 1 is 1.00 bits per heavy atom. The topological polar surface area (TPSA) is 18.5 Å². The molecule has 0 bridgehead atoms. The van der Waals surface area contributed by atoms with Crippen LogP contribution in [0.4, 0.5) is 0 Å². The van der Waals surface area contributed by atoms with Crippen LogP contribution in [-0.4, -0.2) is 0 Å². The summed E-state index contributed by atoms with van der Waals surface area (Å²) in [6.07, 6.45) is 0. The standard InChI is InChI=1S/2Mo.O2/c;;1-2/q2*+1;-2. The average Bonchev–Trinajstić information content (AvgIpc) is 1.37. The minimum absolute atomic E-state index is 1.40. The van der Waals surface area contributed by atoms with E-state index in [0.717, 1.165) is 0 Å². The fourth-order valence-electron chi connectivity index (χ4n) is 0. The van der Waals surface area contributed by atoms with Gasteiger partial charge in [-0.1, -0.05) is 0 Å². The van der Waals surface area contributed by atoms with Crippen LogP contribution in [0.5, 0.6) is 0 Å². The average molecular weight is 224 g/mol. The van der Waals surface area contributed by atoms with Crippen molar-refractivity contribution >= 4 is 0 Å². The van der Waals surface area contributed by atoms with E-state index in [1.807, 2.05) is 0 Å². The van der Waals surface area contributed by atoms with Crippen LogP contribution in [-0.2, 0) is 47.5 Å². The van der Waals surface area contributed by atoms with Gasteiger partial charge in [-0.3, -0.25) is 0 Å².